The van der Waals surface area contributed by atoms with Crippen LogP contribution in [0.15, 0.2) is 30.3 Å². The van der Waals surface area contributed by atoms with Gasteiger partial charge in [-0.15, -0.1) is 0 Å². The lowest BCUT2D eigenvalue weighted by atomic mass is 9.99. The van der Waals surface area contributed by atoms with E-state index in [1.54, 1.807) is 0 Å². The van der Waals surface area contributed by atoms with Gasteiger partial charge in [0.05, 0.1) is 0 Å². The van der Waals surface area contributed by atoms with E-state index in [0.717, 1.165) is 6.54 Å². The van der Waals surface area contributed by atoms with Crippen LogP contribution in [0.25, 0.3) is 0 Å². The molecule has 1 N–H and O–H groups in total. The minimum Gasteiger partial charge on any atom is -0.312 e. The lowest BCUT2D eigenvalue weighted by Gasteiger charge is -2.29. The Hall–Kier alpha value is -0.860. The molecule has 1 aliphatic carbocycles. The molecule has 2 unspecified atom stereocenters. The Morgan fingerprint density at radius 1 is 1.22 bits per heavy atom. The predicted molar refractivity (Wildman–Crippen MR) is 77.7 cm³/mol. The summed E-state index contributed by atoms with van der Waals surface area (Å²) in [6.45, 7) is 5.73. The number of hydrogen-bond donors (Lipinski definition) is 1. The van der Waals surface area contributed by atoms with Crippen LogP contribution in [-0.2, 0) is 0 Å². The van der Waals surface area contributed by atoms with Gasteiger partial charge in [-0.2, -0.15) is 0 Å². The molecule has 2 heteroatoms. The molecule has 2 nitrogen and oxygen atoms in total. The zero-order chi connectivity index (χ0) is 13.2. The average Bonchev–Trinajstić information content (AvgIpc) is 3.10. The van der Waals surface area contributed by atoms with Gasteiger partial charge in [0.15, 0.2) is 0 Å². The van der Waals surface area contributed by atoms with Crippen molar-refractivity contribution >= 4 is 0 Å². The van der Waals surface area contributed by atoms with Gasteiger partial charge in [-0.1, -0.05) is 37.3 Å². The van der Waals surface area contributed by atoms with Gasteiger partial charge in [-0.05, 0) is 44.8 Å². The molecule has 0 aromatic heterocycles. The van der Waals surface area contributed by atoms with Gasteiger partial charge in [0.2, 0.25) is 0 Å². The fourth-order valence-electron chi connectivity index (χ4n) is 2.44. The van der Waals surface area contributed by atoms with Crippen LogP contribution in [0.4, 0.5) is 0 Å². The summed E-state index contributed by atoms with van der Waals surface area (Å²) in [5.74, 6) is 0. The van der Waals surface area contributed by atoms with Crippen LogP contribution >= 0.6 is 0 Å². The smallest absolute Gasteiger partial charge is 0.0466 e. The van der Waals surface area contributed by atoms with Crippen LogP contribution in [0.2, 0.25) is 0 Å². The first-order chi connectivity index (χ1) is 8.53. The van der Waals surface area contributed by atoms with E-state index in [4.69, 9.17) is 0 Å². The Labute approximate surface area is 111 Å². The molecule has 18 heavy (non-hydrogen) atoms. The third kappa shape index (κ3) is 3.12. The maximum atomic E-state index is 3.72. The van der Waals surface area contributed by atoms with Crippen molar-refractivity contribution in [1.82, 2.24) is 10.2 Å². The Bertz CT molecular complexity index is 368. The van der Waals surface area contributed by atoms with E-state index in [1.165, 1.54) is 18.4 Å². The fraction of sp³-hybridized carbons (Fsp3) is 0.625. The van der Waals surface area contributed by atoms with E-state index in [0.29, 0.717) is 17.5 Å². The molecular weight excluding hydrogens is 220 g/mol. The quantitative estimate of drug-likeness (QED) is 0.830. The van der Waals surface area contributed by atoms with Crippen molar-refractivity contribution in [3.05, 3.63) is 35.9 Å². The van der Waals surface area contributed by atoms with Crippen molar-refractivity contribution in [2.24, 2.45) is 5.41 Å². The number of nitrogens with zero attached hydrogens (tertiary/aromatic N) is 1. The van der Waals surface area contributed by atoms with Gasteiger partial charge in [0.25, 0.3) is 0 Å². The van der Waals surface area contributed by atoms with Crippen molar-refractivity contribution in [3.63, 3.8) is 0 Å². The molecule has 0 heterocycles. The summed E-state index contributed by atoms with van der Waals surface area (Å²) in [5.41, 5.74) is 1.94. The first-order valence-corrected chi connectivity index (χ1v) is 6.98. The average molecular weight is 246 g/mol. The molecule has 1 fully saturated rings. The van der Waals surface area contributed by atoms with Crippen molar-refractivity contribution in [2.45, 2.75) is 38.8 Å². The zero-order valence-corrected chi connectivity index (χ0v) is 12.1. The molecular formula is C16H26N2. The van der Waals surface area contributed by atoms with Gasteiger partial charge >= 0.3 is 0 Å². The van der Waals surface area contributed by atoms with E-state index in [-0.39, 0.29) is 0 Å². The standard InChI is InChI=1S/C16H26N2/c1-13(16(2)10-11-16)17-12-15(18(3)4)14-8-6-5-7-9-14/h5-9,13,15,17H,10-12H2,1-4H3. The molecule has 0 spiro atoms. The van der Waals surface area contributed by atoms with Crippen molar-refractivity contribution < 1.29 is 0 Å². The van der Waals surface area contributed by atoms with Crippen LogP contribution in [-0.4, -0.2) is 31.6 Å². The van der Waals surface area contributed by atoms with Crippen LogP contribution in [0, 0.1) is 5.41 Å². The second-order valence-corrected chi connectivity index (χ2v) is 6.17. The van der Waals surface area contributed by atoms with Crippen molar-refractivity contribution in [2.75, 3.05) is 20.6 Å². The first-order valence-electron chi connectivity index (χ1n) is 6.98. The first kappa shape index (κ1) is 13.6. The van der Waals surface area contributed by atoms with E-state index in [2.05, 4.69) is 68.5 Å². The van der Waals surface area contributed by atoms with Crippen LogP contribution in [0.1, 0.15) is 38.3 Å². The van der Waals surface area contributed by atoms with Gasteiger partial charge in [0.1, 0.15) is 0 Å². The SMILES string of the molecule is CC(NCC(c1ccccc1)N(C)C)C1(C)CC1. The molecule has 2 atom stereocenters. The maximum absolute atomic E-state index is 3.72. The van der Waals surface area contributed by atoms with Crippen molar-refractivity contribution in [1.29, 1.82) is 0 Å². The lowest BCUT2D eigenvalue weighted by Crippen LogP contribution is -2.39. The Balaban J connectivity index is 1.95. The third-order valence-corrected chi connectivity index (χ3v) is 4.51. The molecule has 1 aliphatic rings. The Kier molecular flexibility index (Phi) is 4.08. The molecule has 100 valence electrons. The summed E-state index contributed by atoms with van der Waals surface area (Å²) in [6, 6.07) is 11.8. The minimum absolute atomic E-state index is 0.455. The summed E-state index contributed by atoms with van der Waals surface area (Å²) in [6.07, 6.45) is 2.75. The highest BCUT2D eigenvalue weighted by molar-refractivity contribution is 5.19. The number of nitrogens with one attached hydrogen (secondary N) is 1. The Morgan fingerprint density at radius 3 is 2.33 bits per heavy atom. The summed E-state index contributed by atoms with van der Waals surface area (Å²) >= 11 is 0. The van der Waals surface area contributed by atoms with E-state index >= 15 is 0 Å². The molecule has 1 saturated carbocycles. The van der Waals surface area contributed by atoms with E-state index in [9.17, 15) is 0 Å². The highest BCUT2D eigenvalue weighted by atomic mass is 15.1. The molecule has 1 aromatic carbocycles. The van der Waals surface area contributed by atoms with Gasteiger partial charge in [-0.25, -0.2) is 0 Å². The highest BCUT2D eigenvalue weighted by Gasteiger charge is 2.42. The normalized spacial score (nSPS) is 20.7. The number of hydrogen-bond acceptors (Lipinski definition) is 2. The molecule has 0 bridgehead atoms. The van der Waals surface area contributed by atoms with Crippen LogP contribution < -0.4 is 5.32 Å². The fourth-order valence-corrected chi connectivity index (χ4v) is 2.44. The van der Waals surface area contributed by atoms with Gasteiger partial charge < -0.3 is 10.2 Å². The van der Waals surface area contributed by atoms with Crippen LogP contribution in [0.5, 0.6) is 0 Å². The van der Waals surface area contributed by atoms with E-state index < -0.39 is 0 Å². The molecule has 2 rings (SSSR count). The topological polar surface area (TPSA) is 15.3 Å². The molecule has 0 amide bonds. The zero-order valence-electron chi connectivity index (χ0n) is 12.1. The largest absolute Gasteiger partial charge is 0.312 e. The number of benzene rings is 1. The van der Waals surface area contributed by atoms with E-state index in [1.807, 2.05) is 0 Å². The minimum atomic E-state index is 0.455. The van der Waals surface area contributed by atoms with Crippen molar-refractivity contribution in [3.8, 4) is 0 Å². The number of likely N-dealkylation sites (N-methyl/N-ethyl adjacent to an activating group) is 1. The van der Waals surface area contributed by atoms with Gasteiger partial charge in [0, 0.05) is 18.6 Å². The lowest BCUT2D eigenvalue weighted by molar-refractivity contribution is 0.264. The molecule has 0 saturated heterocycles. The molecule has 0 radical (unpaired) electrons. The predicted octanol–water partition coefficient (Wildman–Crippen LogP) is 3.07. The molecule has 0 aliphatic heterocycles. The highest BCUT2D eigenvalue weighted by Crippen LogP contribution is 2.47. The Morgan fingerprint density at radius 2 is 1.83 bits per heavy atom. The summed E-state index contributed by atoms with van der Waals surface area (Å²) in [7, 11) is 4.31. The number of rotatable bonds is 6. The monoisotopic (exact) mass is 246 g/mol. The second kappa shape index (κ2) is 5.41. The maximum Gasteiger partial charge on any atom is 0.0466 e. The summed E-state index contributed by atoms with van der Waals surface area (Å²) < 4.78 is 0. The summed E-state index contributed by atoms with van der Waals surface area (Å²) in [4.78, 5) is 2.30. The third-order valence-electron chi connectivity index (χ3n) is 4.51. The van der Waals surface area contributed by atoms with Gasteiger partial charge in [-0.3, -0.25) is 0 Å². The summed E-state index contributed by atoms with van der Waals surface area (Å²) in [5, 5.41) is 3.72. The molecule has 1 aromatic rings. The second-order valence-electron chi connectivity index (χ2n) is 6.17. The van der Waals surface area contributed by atoms with Crippen LogP contribution in [0.3, 0.4) is 0 Å².